The molecule has 8 nitrogen and oxygen atoms in total. The fourth-order valence-electron chi connectivity index (χ4n) is 2.50. The molecule has 0 saturated carbocycles. The molecule has 1 atom stereocenters. The van der Waals surface area contributed by atoms with Crippen LogP contribution in [0.2, 0.25) is 0 Å². The molecule has 2 rings (SSSR count). The first-order valence-corrected chi connectivity index (χ1v) is 7.91. The second kappa shape index (κ2) is 7.84. The Kier molecular flexibility index (Phi) is 5.82. The molecule has 2 amide bonds. The predicted molar refractivity (Wildman–Crippen MR) is 86.8 cm³/mol. The molecule has 2 N–H and O–H groups in total. The summed E-state index contributed by atoms with van der Waals surface area (Å²) in [6.07, 6.45) is 4.42. The molecule has 1 aliphatic heterocycles. The Labute approximate surface area is 141 Å². The van der Waals surface area contributed by atoms with Gasteiger partial charge in [0.15, 0.2) is 0 Å². The van der Waals surface area contributed by atoms with Gasteiger partial charge in [-0.3, -0.25) is 9.59 Å². The Hall–Kier alpha value is -2.53. The molecule has 2 heterocycles. The van der Waals surface area contributed by atoms with E-state index in [1.807, 2.05) is 13.8 Å². The summed E-state index contributed by atoms with van der Waals surface area (Å²) in [6.45, 7) is 4.89. The third-order valence-electron chi connectivity index (χ3n) is 3.95. The number of hydrogen-bond acceptors (Lipinski definition) is 6. The van der Waals surface area contributed by atoms with Gasteiger partial charge in [0, 0.05) is 24.8 Å². The van der Waals surface area contributed by atoms with Gasteiger partial charge in [0.2, 0.25) is 5.91 Å². The van der Waals surface area contributed by atoms with Crippen molar-refractivity contribution in [3.8, 4) is 6.07 Å². The van der Waals surface area contributed by atoms with Crippen LogP contribution in [0.1, 0.15) is 37.2 Å². The van der Waals surface area contributed by atoms with Gasteiger partial charge in [-0.25, -0.2) is 9.97 Å². The quantitative estimate of drug-likeness (QED) is 0.765. The van der Waals surface area contributed by atoms with Crippen molar-refractivity contribution in [1.82, 2.24) is 25.5 Å². The van der Waals surface area contributed by atoms with Crippen LogP contribution < -0.4 is 10.6 Å². The summed E-state index contributed by atoms with van der Waals surface area (Å²) in [5, 5.41) is 15.0. The number of hydrogen-bond donors (Lipinski definition) is 2. The lowest BCUT2D eigenvalue weighted by Gasteiger charge is -2.28. The third kappa shape index (κ3) is 4.73. The van der Waals surface area contributed by atoms with Crippen molar-refractivity contribution < 1.29 is 9.59 Å². The van der Waals surface area contributed by atoms with Crippen LogP contribution in [0.5, 0.6) is 0 Å². The van der Waals surface area contributed by atoms with E-state index >= 15 is 0 Å². The lowest BCUT2D eigenvalue weighted by atomic mass is 10.1. The van der Waals surface area contributed by atoms with E-state index in [0.717, 1.165) is 12.8 Å². The topological polar surface area (TPSA) is 111 Å². The van der Waals surface area contributed by atoms with E-state index in [1.165, 1.54) is 18.6 Å². The normalized spacial score (nSPS) is 17.4. The predicted octanol–water partition coefficient (Wildman–Crippen LogP) is 0.0892. The van der Waals surface area contributed by atoms with Gasteiger partial charge in [-0.15, -0.1) is 0 Å². The Morgan fingerprint density at radius 1 is 1.50 bits per heavy atom. The van der Waals surface area contributed by atoms with Crippen LogP contribution in [0.4, 0.5) is 0 Å². The number of rotatable bonds is 6. The van der Waals surface area contributed by atoms with Crippen molar-refractivity contribution in [3.63, 3.8) is 0 Å². The van der Waals surface area contributed by atoms with Crippen LogP contribution in [0, 0.1) is 11.3 Å². The number of carbonyl (C=O) groups is 2. The highest BCUT2D eigenvalue weighted by atomic mass is 16.2. The van der Waals surface area contributed by atoms with Gasteiger partial charge in [0.1, 0.15) is 18.1 Å². The SMILES string of the molecule is CC(C)(CNC(=O)c1ccncn1)NCC(=O)N1CCCC1C#N. The van der Waals surface area contributed by atoms with Crippen molar-refractivity contribution in [2.24, 2.45) is 0 Å². The maximum Gasteiger partial charge on any atom is 0.270 e. The molecule has 0 spiro atoms. The molecule has 0 bridgehead atoms. The highest BCUT2D eigenvalue weighted by molar-refractivity contribution is 5.92. The molecule has 0 aliphatic carbocycles. The molecule has 1 aliphatic rings. The van der Waals surface area contributed by atoms with Crippen LogP contribution in [-0.4, -0.2) is 57.9 Å². The van der Waals surface area contributed by atoms with E-state index in [0.29, 0.717) is 18.8 Å². The fourth-order valence-corrected chi connectivity index (χ4v) is 2.50. The highest BCUT2D eigenvalue weighted by Crippen LogP contribution is 2.16. The van der Waals surface area contributed by atoms with Gasteiger partial charge in [-0.1, -0.05) is 0 Å². The van der Waals surface area contributed by atoms with Gasteiger partial charge in [0.05, 0.1) is 12.6 Å². The molecular formula is C16H22N6O2. The first kappa shape index (κ1) is 17.8. The molecule has 1 unspecified atom stereocenters. The molecule has 1 saturated heterocycles. The summed E-state index contributed by atoms with van der Waals surface area (Å²) < 4.78 is 0. The van der Waals surface area contributed by atoms with E-state index in [4.69, 9.17) is 5.26 Å². The van der Waals surface area contributed by atoms with E-state index in [2.05, 4.69) is 26.7 Å². The van der Waals surface area contributed by atoms with E-state index < -0.39 is 5.54 Å². The number of nitriles is 1. The monoisotopic (exact) mass is 330 g/mol. The summed E-state index contributed by atoms with van der Waals surface area (Å²) in [6, 6.07) is 3.38. The molecule has 8 heteroatoms. The summed E-state index contributed by atoms with van der Waals surface area (Å²) in [4.78, 5) is 33.5. The minimum Gasteiger partial charge on any atom is -0.349 e. The van der Waals surface area contributed by atoms with Gasteiger partial charge in [-0.05, 0) is 32.8 Å². The minimum atomic E-state index is -0.472. The van der Waals surface area contributed by atoms with Gasteiger partial charge < -0.3 is 15.5 Å². The van der Waals surface area contributed by atoms with Crippen molar-refractivity contribution in [2.75, 3.05) is 19.6 Å². The molecular weight excluding hydrogens is 308 g/mol. The summed E-state index contributed by atoms with van der Waals surface area (Å²) in [7, 11) is 0. The Bertz CT molecular complexity index is 625. The molecule has 1 fully saturated rings. The number of nitrogens with one attached hydrogen (secondary N) is 2. The average Bonchev–Trinajstić information content (AvgIpc) is 3.07. The number of carbonyl (C=O) groups excluding carboxylic acids is 2. The van der Waals surface area contributed by atoms with E-state index in [-0.39, 0.29) is 24.4 Å². The zero-order valence-corrected chi connectivity index (χ0v) is 14.0. The van der Waals surface area contributed by atoms with E-state index in [1.54, 1.807) is 4.90 Å². The van der Waals surface area contributed by atoms with Crippen LogP contribution in [0.15, 0.2) is 18.6 Å². The molecule has 0 radical (unpaired) electrons. The zero-order chi connectivity index (χ0) is 17.6. The first-order valence-electron chi connectivity index (χ1n) is 7.91. The Balaban J connectivity index is 1.80. The smallest absolute Gasteiger partial charge is 0.270 e. The van der Waals surface area contributed by atoms with Crippen LogP contribution in [-0.2, 0) is 4.79 Å². The average molecular weight is 330 g/mol. The minimum absolute atomic E-state index is 0.0887. The summed E-state index contributed by atoms with van der Waals surface area (Å²) >= 11 is 0. The largest absolute Gasteiger partial charge is 0.349 e. The fraction of sp³-hybridized carbons (Fsp3) is 0.562. The Morgan fingerprint density at radius 2 is 2.29 bits per heavy atom. The summed E-state index contributed by atoms with van der Waals surface area (Å²) in [5.41, 5.74) is -0.175. The van der Waals surface area contributed by atoms with Crippen molar-refractivity contribution in [3.05, 3.63) is 24.3 Å². The lowest BCUT2D eigenvalue weighted by molar-refractivity contribution is -0.130. The van der Waals surface area contributed by atoms with Gasteiger partial charge in [0.25, 0.3) is 5.91 Å². The molecule has 1 aromatic heterocycles. The number of amides is 2. The van der Waals surface area contributed by atoms with Crippen LogP contribution in [0.3, 0.4) is 0 Å². The van der Waals surface area contributed by atoms with E-state index in [9.17, 15) is 9.59 Å². The molecule has 1 aromatic rings. The number of likely N-dealkylation sites (tertiary alicyclic amines) is 1. The number of aromatic nitrogens is 2. The van der Waals surface area contributed by atoms with Crippen LogP contribution >= 0.6 is 0 Å². The van der Waals surface area contributed by atoms with Crippen molar-refractivity contribution in [1.29, 1.82) is 5.26 Å². The summed E-state index contributed by atoms with van der Waals surface area (Å²) in [5.74, 6) is -0.378. The van der Waals surface area contributed by atoms with Gasteiger partial charge >= 0.3 is 0 Å². The first-order chi connectivity index (χ1) is 11.4. The number of nitrogens with zero attached hydrogens (tertiary/aromatic N) is 4. The molecule has 24 heavy (non-hydrogen) atoms. The second-order valence-electron chi connectivity index (χ2n) is 6.39. The van der Waals surface area contributed by atoms with Crippen molar-refractivity contribution >= 4 is 11.8 Å². The second-order valence-corrected chi connectivity index (χ2v) is 6.39. The maximum atomic E-state index is 12.2. The molecule has 0 aromatic carbocycles. The Morgan fingerprint density at radius 3 is 2.96 bits per heavy atom. The third-order valence-corrected chi connectivity index (χ3v) is 3.95. The zero-order valence-electron chi connectivity index (χ0n) is 14.0. The van der Waals surface area contributed by atoms with Crippen molar-refractivity contribution in [2.45, 2.75) is 38.3 Å². The van der Waals surface area contributed by atoms with Crippen LogP contribution in [0.25, 0.3) is 0 Å². The lowest BCUT2D eigenvalue weighted by Crippen LogP contribution is -2.52. The molecule has 128 valence electrons. The highest BCUT2D eigenvalue weighted by Gasteiger charge is 2.29. The maximum absolute atomic E-state index is 12.2. The standard InChI is InChI=1S/C16H22N6O2/c1-16(2,10-19-15(24)13-5-6-18-11-20-13)21-9-14(23)22-7-3-4-12(22)8-17/h5-6,11-12,21H,3-4,7,9-10H2,1-2H3,(H,19,24). The van der Waals surface area contributed by atoms with Gasteiger partial charge in [-0.2, -0.15) is 5.26 Å².